The largest absolute Gasteiger partial charge is 0.442 e. The molecule has 0 saturated carbocycles. The van der Waals surface area contributed by atoms with Gasteiger partial charge in [-0.2, -0.15) is 11.8 Å². The molecule has 3 fully saturated rings. The summed E-state index contributed by atoms with van der Waals surface area (Å²) < 4.78 is 19.9. The molecule has 0 spiro atoms. The lowest BCUT2D eigenvalue weighted by Crippen LogP contribution is -2.34. The summed E-state index contributed by atoms with van der Waals surface area (Å²) in [5, 5.41) is 3.23. The SMILES string of the molecule is CC(=O)NCC1CN(c2ccc(N3C[C@H]4C[C@@H]3CS4)c(F)c2)C(=O)O1. The van der Waals surface area contributed by atoms with Crippen molar-refractivity contribution in [3.63, 3.8) is 0 Å². The van der Waals surface area contributed by atoms with Crippen LogP contribution in [0.1, 0.15) is 13.3 Å². The Bertz CT molecular complexity index is 716. The summed E-state index contributed by atoms with van der Waals surface area (Å²) in [5.74, 6) is 0.561. The third-order valence-electron chi connectivity index (χ3n) is 4.91. The Balaban J connectivity index is 1.47. The molecule has 3 atom stereocenters. The van der Waals surface area contributed by atoms with E-state index in [1.165, 1.54) is 17.9 Å². The standard InChI is InChI=1S/C17H20FN3O3S/c1-10(22)19-6-13-7-21(17(23)24-13)11-2-3-16(15(18)5-11)20-8-14-4-12(20)9-25-14/h2-3,5,12-14H,4,6-9H2,1H3,(H,19,22)/t12-,13?,14-/m1/s1. The maximum Gasteiger partial charge on any atom is 0.414 e. The zero-order valence-corrected chi connectivity index (χ0v) is 14.7. The van der Waals surface area contributed by atoms with E-state index in [4.69, 9.17) is 4.74 Å². The van der Waals surface area contributed by atoms with E-state index in [1.54, 1.807) is 12.1 Å². The van der Waals surface area contributed by atoms with Gasteiger partial charge < -0.3 is 15.0 Å². The van der Waals surface area contributed by atoms with Gasteiger partial charge in [-0.15, -0.1) is 0 Å². The molecule has 0 aliphatic carbocycles. The second kappa shape index (κ2) is 6.40. The third kappa shape index (κ3) is 3.15. The number of amides is 2. The molecule has 8 heteroatoms. The lowest BCUT2D eigenvalue weighted by Gasteiger charge is -2.29. The minimum absolute atomic E-state index is 0.178. The Morgan fingerprint density at radius 2 is 2.28 bits per heavy atom. The molecular weight excluding hydrogens is 345 g/mol. The van der Waals surface area contributed by atoms with Crippen LogP contribution >= 0.6 is 11.8 Å². The molecule has 0 radical (unpaired) electrons. The molecule has 0 aromatic heterocycles. The average molecular weight is 365 g/mol. The van der Waals surface area contributed by atoms with E-state index in [2.05, 4.69) is 10.2 Å². The lowest BCUT2D eigenvalue weighted by atomic mass is 10.2. The van der Waals surface area contributed by atoms with E-state index in [1.807, 2.05) is 11.8 Å². The van der Waals surface area contributed by atoms with Crippen molar-refractivity contribution >= 4 is 35.1 Å². The van der Waals surface area contributed by atoms with Crippen LogP contribution in [0, 0.1) is 5.82 Å². The molecular formula is C17H20FN3O3S. The highest BCUT2D eigenvalue weighted by Gasteiger charge is 2.40. The summed E-state index contributed by atoms with van der Waals surface area (Å²) in [5.41, 5.74) is 1.09. The predicted octanol–water partition coefficient (Wildman–Crippen LogP) is 1.98. The van der Waals surface area contributed by atoms with Crippen molar-refractivity contribution in [1.82, 2.24) is 5.32 Å². The highest BCUT2D eigenvalue weighted by molar-refractivity contribution is 8.00. The van der Waals surface area contributed by atoms with E-state index in [0.717, 1.165) is 18.7 Å². The maximum absolute atomic E-state index is 14.7. The summed E-state index contributed by atoms with van der Waals surface area (Å²) in [7, 11) is 0. The van der Waals surface area contributed by atoms with Gasteiger partial charge in [0.2, 0.25) is 5.91 Å². The Morgan fingerprint density at radius 3 is 2.92 bits per heavy atom. The van der Waals surface area contributed by atoms with Crippen molar-refractivity contribution in [2.24, 2.45) is 0 Å². The minimum atomic E-state index is -0.515. The van der Waals surface area contributed by atoms with Crippen LogP contribution in [0.3, 0.4) is 0 Å². The monoisotopic (exact) mass is 365 g/mol. The van der Waals surface area contributed by atoms with E-state index < -0.39 is 12.2 Å². The molecule has 3 saturated heterocycles. The number of nitrogens with zero attached hydrogens (tertiary/aromatic N) is 2. The van der Waals surface area contributed by atoms with E-state index in [-0.39, 0.29) is 18.3 Å². The summed E-state index contributed by atoms with van der Waals surface area (Å²) >= 11 is 1.96. The van der Waals surface area contributed by atoms with Crippen molar-refractivity contribution in [2.45, 2.75) is 30.7 Å². The lowest BCUT2D eigenvalue weighted by molar-refractivity contribution is -0.119. The van der Waals surface area contributed by atoms with Gasteiger partial charge in [0.05, 0.1) is 24.5 Å². The highest BCUT2D eigenvalue weighted by Crippen LogP contribution is 2.41. The number of thioether (sulfide) groups is 1. The zero-order chi connectivity index (χ0) is 17.6. The van der Waals surface area contributed by atoms with Crippen LogP contribution in [-0.4, -0.2) is 54.8 Å². The van der Waals surface area contributed by atoms with E-state index in [0.29, 0.717) is 29.2 Å². The molecule has 134 valence electrons. The van der Waals surface area contributed by atoms with Crippen LogP contribution in [0.4, 0.5) is 20.6 Å². The van der Waals surface area contributed by atoms with Crippen LogP contribution in [0.5, 0.6) is 0 Å². The molecule has 6 nitrogen and oxygen atoms in total. The average Bonchev–Trinajstić information content (AvgIpc) is 3.28. The zero-order valence-electron chi connectivity index (χ0n) is 13.9. The number of anilines is 2. The Morgan fingerprint density at radius 1 is 1.44 bits per heavy atom. The fourth-order valence-electron chi connectivity index (χ4n) is 3.69. The number of hydrogen-bond donors (Lipinski definition) is 1. The number of nitrogens with one attached hydrogen (secondary N) is 1. The molecule has 3 aliphatic heterocycles. The van der Waals surface area contributed by atoms with Gasteiger partial charge in [-0.25, -0.2) is 9.18 Å². The van der Waals surface area contributed by atoms with Gasteiger partial charge in [0.1, 0.15) is 11.9 Å². The van der Waals surface area contributed by atoms with Gasteiger partial charge in [-0.1, -0.05) is 0 Å². The van der Waals surface area contributed by atoms with Gasteiger partial charge >= 0.3 is 6.09 Å². The number of carbonyl (C=O) groups is 2. The van der Waals surface area contributed by atoms with Gasteiger partial charge in [0, 0.05) is 30.5 Å². The van der Waals surface area contributed by atoms with Gasteiger partial charge in [-0.3, -0.25) is 9.69 Å². The molecule has 1 N–H and O–H groups in total. The number of cyclic esters (lactones) is 1. The van der Waals surface area contributed by atoms with Gasteiger partial charge in [0.15, 0.2) is 0 Å². The molecule has 1 unspecified atom stereocenters. The Kier molecular flexibility index (Phi) is 4.23. The normalized spacial score (nSPS) is 27.8. The first kappa shape index (κ1) is 16.5. The van der Waals surface area contributed by atoms with Crippen LogP contribution in [0.2, 0.25) is 0 Å². The van der Waals surface area contributed by atoms with Crippen LogP contribution in [0.15, 0.2) is 18.2 Å². The van der Waals surface area contributed by atoms with Crippen molar-refractivity contribution in [1.29, 1.82) is 0 Å². The van der Waals surface area contributed by atoms with Crippen molar-refractivity contribution in [3.05, 3.63) is 24.0 Å². The predicted molar refractivity (Wildman–Crippen MR) is 94.7 cm³/mol. The Labute approximate surface area is 149 Å². The summed E-state index contributed by atoms with van der Waals surface area (Å²) in [4.78, 5) is 26.6. The number of halogens is 1. The van der Waals surface area contributed by atoms with Crippen LogP contribution in [-0.2, 0) is 9.53 Å². The number of carbonyl (C=O) groups excluding carboxylic acids is 2. The number of ether oxygens (including phenoxy) is 1. The second-order valence-corrected chi connectivity index (χ2v) is 8.02. The fraction of sp³-hybridized carbons (Fsp3) is 0.529. The quantitative estimate of drug-likeness (QED) is 0.884. The van der Waals surface area contributed by atoms with Gasteiger partial charge in [0.25, 0.3) is 0 Å². The molecule has 2 amide bonds. The molecule has 3 aliphatic rings. The molecule has 1 aromatic carbocycles. The van der Waals surface area contributed by atoms with E-state index in [9.17, 15) is 14.0 Å². The number of rotatable bonds is 4. The summed E-state index contributed by atoms with van der Waals surface area (Å²) in [6, 6.07) is 5.33. The smallest absolute Gasteiger partial charge is 0.414 e. The maximum atomic E-state index is 14.7. The minimum Gasteiger partial charge on any atom is -0.442 e. The summed E-state index contributed by atoms with van der Waals surface area (Å²) in [6.07, 6.45) is 0.180. The van der Waals surface area contributed by atoms with Gasteiger partial charge in [-0.05, 0) is 24.6 Å². The Hall–Kier alpha value is -1.96. The molecule has 25 heavy (non-hydrogen) atoms. The third-order valence-corrected chi connectivity index (χ3v) is 6.30. The van der Waals surface area contributed by atoms with Crippen molar-refractivity contribution < 1.29 is 18.7 Å². The van der Waals surface area contributed by atoms with Crippen molar-refractivity contribution in [3.8, 4) is 0 Å². The number of fused-ring (bicyclic) bond motifs is 2. The molecule has 1 aromatic rings. The molecule has 4 rings (SSSR count). The van der Waals surface area contributed by atoms with Crippen LogP contribution in [0.25, 0.3) is 0 Å². The summed E-state index contributed by atoms with van der Waals surface area (Å²) in [6.45, 7) is 2.85. The topological polar surface area (TPSA) is 61.9 Å². The van der Waals surface area contributed by atoms with Crippen LogP contribution < -0.4 is 15.1 Å². The number of benzene rings is 1. The fourth-order valence-corrected chi connectivity index (χ4v) is 5.12. The first-order valence-electron chi connectivity index (χ1n) is 8.41. The second-order valence-electron chi connectivity index (χ2n) is 6.69. The first-order chi connectivity index (χ1) is 12.0. The highest BCUT2D eigenvalue weighted by atomic mass is 32.2. The van der Waals surface area contributed by atoms with E-state index >= 15 is 0 Å². The van der Waals surface area contributed by atoms with Crippen molar-refractivity contribution in [2.75, 3.05) is 35.2 Å². The molecule has 3 heterocycles. The number of hydrogen-bond acceptors (Lipinski definition) is 5. The molecule has 2 bridgehead atoms. The first-order valence-corrected chi connectivity index (χ1v) is 9.46.